The van der Waals surface area contributed by atoms with Gasteiger partial charge in [0.2, 0.25) is 11.8 Å². The maximum atomic E-state index is 14.0. The van der Waals surface area contributed by atoms with Gasteiger partial charge in [-0.25, -0.2) is 8.42 Å². The van der Waals surface area contributed by atoms with E-state index in [2.05, 4.69) is 5.32 Å². The Morgan fingerprint density at radius 3 is 2.32 bits per heavy atom. The van der Waals surface area contributed by atoms with Crippen LogP contribution in [0.25, 0.3) is 0 Å². The zero-order valence-corrected chi connectivity index (χ0v) is 24.9. The molecule has 0 aliphatic heterocycles. The third-order valence-electron chi connectivity index (χ3n) is 7.16. The molecule has 1 atom stereocenters. The van der Waals surface area contributed by atoms with Crippen LogP contribution in [-0.2, 0) is 26.2 Å². The van der Waals surface area contributed by atoms with Gasteiger partial charge in [0, 0.05) is 17.6 Å². The van der Waals surface area contributed by atoms with E-state index >= 15 is 0 Å². The van der Waals surface area contributed by atoms with Gasteiger partial charge in [-0.3, -0.25) is 13.9 Å². The van der Waals surface area contributed by atoms with Crippen molar-refractivity contribution < 1.29 is 22.7 Å². The Bertz CT molecular complexity index is 1430. The molecule has 1 N–H and O–H groups in total. The van der Waals surface area contributed by atoms with E-state index in [9.17, 15) is 18.0 Å². The summed E-state index contributed by atoms with van der Waals surface area (Å²) in [6.45, 7) is 3.56. The quantitative estimate of drug-likeness (QED) is 0.301. The van der Waals surface area contributed by atoms with Gasteiger partial charge in [0.1, 0.15) is 18.3 Å². The third kappa shape index (κ3) is 7.80. The number of nitrogens with zero attached hydrogens (tertiary/aromatic N) is 2. The first kappa shape index (κ1) is 30.4. The lowest BCUT2D eigenvalue weighted by molar-refractivity contribution is -0.139. The van der Waals surface area contributed by atoms with Gasteiger partial charge in [0.15, 0.2) is 0 Å². The van der Waals surface area contributed by atoms with Crippen LogP contribution in [0.2, 0.25) is 5.02 Å². The number of carbonyl (C=O) groups is 2. The number of nitrogens with one attached hydrogen (secondary N) is 1. The summed E-state index contributed by atoms with van der Waals surface area (Å²) in [6, 6.07) is 20.8. The molecule has 0 bridgehead atoms. The highest BCUT2D eigenvalue weighted by atomic mass is 35.5. The summed E-state index contributed by atoms with van der Waals surface area (Å²) in [5, 5.41) is 3.57. The summed E-state index contributed by atoms with van der Waals surface area (Å²) in [6.07, 6.45) is 3.92. The molecular formula is C31H36ClN3O5S. The lowest BCUT2D eigenvalue weighted by Gasteiger charge is -2.32. The molecule has 1 saturated carbocycles. The molecule has 0 heterocycles. The highest BCUT2D eigenvalue weighted by Gasteiger charge is 2.33. The molecule has 10 heteroatoms. The van der Waals surface area contributed by atoms with Crippen LogP contribution in [0, 0.1) is 0 Å². The van der Waals surface area contributed by atoms with E-state index in [1.807, 2.05) is 13.0 Å². The molecule has 0 aromatic heterocycles. The van der Waals surface area contributed by atoms with Gasteiger partial charge in [-0.05, 0) is 80.8 Å². The lowest BCUT2D eigenvalue weighted by Crippen LogP contribution is -2.52. The summed E-state index contributed by atoms with van der Waals surface area (Å²) in [4.78, 5) is 28.8. The van der Waals surface area contributed by atoms with Crippen LogP contribution in [0.3, 0.4) is 0 Å². The van der Waals surface area contributed by atoms with Crippen molar-refractivity contribution in [1.82, 2.24) is 10.2 Å². The molecule has 8 nitrogen and oxygen atoms in total. The minimum Gasteiger partial charge on any atom is -0.494 e. The first-order valence-electron chi connectivity index (χ1n) is 13.8. The predicted molar refractivity (Wildman–Crippen MR) is 160 cm³/mol. The Kier molecular flexibility index (Phi) is 10.3. The molecule has 0 spiro atoms. The number of carbonyl (C=O) groups excluding carboxylic acids is 2. The molecule has 3 aromatic rings. The fourth-order valence-electron chi connectivity index (χ4n) is 4.93. The van der Waals surface area contributed by atoms with E-state index in [1.165, 1.54) is 17.0 Å². The minimum atomic E-state index is -4.13. The third-order valence-corrected chi connectivity index (χ3v) is 9.18. The molecule has 41 heavy (non-hydrogen) atoms. The van der Waals surface area contributed by atoms with Crippen LogP contribution < -0.4 is 14.4 Å². The topological polar surface area (TPSA) is 96.0 Å². The average molecular weight is 598 g/mol. The molecule has 1 aliphatic carbocycles. The van der Waals surface area contributed by atoms with Crippen molar-refractivity contribution in [3.05, 3.63) is 89.4 Å². The Morgan fingerprint density at radius 1 is 1.00 bits per heavy atom. The molecule has 3 aromatic carbocycles. The maximum absolute atomic E-state index is 14.0. The smallest absolute Gasteiger partial charge is 0.264 e. The molecule has 1 fully saturated rings. The van der Waals surface area contributed by atoms with E-state index in [4.69, 9.17) is 16.3 Å². The summed E-state index contributed by atoms with van der Waals surface area (Å²) >= 11 is 6.21. The number of anilines is 1. The molecular weight excluding hydrogens is 562 g/mol. The van der Waals surface area contributed by atoms with Gasteiger partial charge in [0.05, 0.1) is 17.2 Å². The number of amides is 2. The zero-order chi connectivity index (χ0) is 29.4. The summed E-state index contributed by atoms with van der Waals surface area (Å²) in [5.41, 5.74) is 1.03. The normalized spacial score (nSPS) is 14.3. The molecule has 1 aliphatic rings. The number of halogens is 1. The van der Waals surface area contributed by atoms with Gasteiger partial charge in [-0.2, -0.15) is 0 Å². The van der Waals surface area contributed by atoms with Gasteiger partial charge >= 0.3 is 0 Å². The van der Waals surface area contributed by atoms with E-state index in [1.54, 1.807) is 67.6 Å². The van der Waals surface area contributed by atoms with Gasteiger partial charge in [0.25, 0.3) is 10.0 Å². The molecule has 0 saturated heterocycles. The standard InChI is InChI=1S/C31H36ClN3O5S/c1-3-40-28-18-16-27(17-19-28)35(41(38,39)29-14-5-4-6-15-29)22-30(36)34(21-24-10-9-11-25(32)20-24)23(2)31(37)33-26-12-7-8-13-26/h4-6,9-11,14-20,23,26H,3,7-8,12-13,21-22H2,1-2H3,(H,33,37)/t23-/m1/s1. The number of sulfonamides is 1. The van der Waals surface area contributed by atoms with Crippen molar-refractivity contribution in [2.45, 2.75) is 63.1 Å². The van der Waals surface area contributed by atoms with Crippen LogP contribution in [0.4, 0.5) is 5.69 Å². The highest BCUT2D eigenvalue weighted by Crippen LogP contribution is 2.27. The second kappa shape index (κ2) is 13.9. The Labute approximate surface area is 247 Å². The van der Waals surface area contributed by atoms with E-state index in [0.29, 0.717) is 23.1 Å². The number of benzene rings is 3. The number of hydrogen-bond donors (Lipinski definition) is 1. The predicted octanol–water partition coefficient (Wildman–Crippen LogP) is 5.41. The number of hydrogen-bond acceptors (Lipinski definition) is 5. The number of rotatable bonds is 12. The molecule has 0 radical (unpaired) electrons. The van der Waals surface area contributed by atoms with Crippen LogP contribution in [0.15, 0.2) is 83.8 Å². The van der Waals surface area contributed by atoms with Crippen molar-refractivity contribution >= 4 is 39.1 Å². The first-order chi connectivity index (χ1) is 19.7. The first-order valence-corrected chi connectivity index (χ1v) is 15.7. The lowest BCUT2D eigenvalue weighted by atomic mass is 10.1. The SMILES string of the molecule is CCOc1ccc(N(CC(=O)N(Cc2cccc(Cl)c2)[C@H](C)C(=O)NC2CCCC2)S(=O)(=O)c2ccccc2)cc1. The monoisotopic (exact) mass is 597 g/mol. The highest BCUT2D eigenvalue weighted by molar-refractivity contribution is 7.92. The maximum Gasteiger partial charge on any atom is 0.264 e. The van der Waals surface area contributed by atoms with Crippen molar-refractivity contribution in [3.63, 3.8) is 0 Å². The van der Waals surface area contributed by atoms with Gasteiger partial charge in [-0.15, -0.1) is 0 Å². The Hall–Kier alpha value is -3.56. The molecule has 2 amide bonds. The van der Waals surface area contributed by atoms with Crippen LogP contribution in [-0.4, -0.2) is 50.4 Å². The van der Waals surface area contributed by atoms with Crippen molar-refractivity contribution in [2.75, 3.05) is 17.5 Å². The van der Waals surface area contributed by atoms with E-state index in [0.717, 1.165) is 35.6 Å². The van der Waals surface area contributed by atoms with E-state index < -0.39 is 28.5 Å². The summed E-state index contributed by atoms with van der Waals surface area (Å²) < 4.78 is 34.3. The molecule has 0 unspecified atom stereocenters. The fraction of sp³-hybridized carbons (Fsp3) is 0.355. The minimum absolute atomic E-state index is 0.0510. The largest absolute Gasteiger partial charge is 0.494 e. The zero-order valence-electron chi connectivity index (χ0n) is 23.3. The second-order valence-corrected chi connectivity index (χ2v) is 12.4. The van der Waals surface area contributed by atoms with Crippen LogP contribution in [0.5, 0.6) is 5.75 Å². The van der Waals surface area contributed by atoms with Crippen molar-refractivity contribution in [3.8, 4) is 5.75 Å². The molecule has 4 rings (SSSR count). The summed E-state index contributed by atoms with van der Waals surface area (Å²) in [5.74, 6) is -0.210. The van der Waals surface area contributed by atoms with Crippen LogP contribution in [0.1, 0.15) is 45.1 Å². The van der Waals surface area contributed by atoms with Crippen LogP contribution >= 0.6 is 11.6 Å². The van der Waals surface area contributed by atoms with Gasteiger partial charge < -0.3 is 15.0 Å². The second-order valence-electron chi connectivity index (χ2n) is 10.1. The molecule has 218 valence electrons. The Balaban J connectivity index is 1.67. The number of ether oxygens (including phenoxy) is 1. The van der Waals surface area contributed by atoms with Crippen molar-refractivity contribution in [1.29, 1.82) is 0 Å². The Morgan fingerprint density at radius 2 is 1.68 bits per heavy atom. The fourth-order valence-corrected chi connectivity index (χ4v) is 6.58. The van der Waals surface area contributed by atoms with Crippen molar-refractivity contribution in [2.24, 2.45) is 0 Å². The van der Waals surface area contributed by atoms with E-state index in [-0.39, 0.29) is 23.4 Å². The summed E-state index contributed by atoms with van der Waals surface area (Å²) in [7, 11) is -4.13. The average Bonchev–Trinajstić information content (AvgIpc) is 3.48. The van der Waals surface area contributed by atoms with Gasteiger partial charge in [-0.1, -0.05) is 54.8 Å².